The van der Waals surface area contributed by atoms with Gasteiger partial charge in [-0.3, -0.25) is 0 Å². The van der Waals surface area contributed by atoms with Crippen LogP contribution in [0.2, 0.25) is 0 Å². The molecule has 0 aromatic heterocycles. The molecule has 1 atom stereocenters. The van der Waals surface area contributed by atoms with Crippen LogP contribution in [0.4, 0.5) is 0 Å². The highest BCUT2D eigenvalue weighted by molar-refractivity contribution is 5.85. The molecule has 2 aliphatic rings. The first-order valence-corrected chi connectivity index (χ1v) is 4.62. The van der Waals surface area contributed by atoms with Gasteiger partial charge in [0.2, 0.25) is 0 Å². The molecule has 12 heavy (non-hydrogen) atoms. The summed E-state index contributed by atoms with van der Waals surface area (Å²) in [6.45, 7) is 5.46. The van der Waals surface area contributed by atoms with Gasteiger partial charge in [0.05, 0.1) is 0 Å². The zero-order valence-electron chi connectivity index (χ0n) is 7.64. The van der Waals surface area contributed by atoms with Gasteiger partial charge in [-0.1, -0.05) is 0 Å². The Bertz CT molecular complexity index is 140. The van der Waals surface area contributed by atoms with Crippen molar-refractivity contribution >= 4 is 12.4 Å². The van der Waals surface area contributed by atoms with Crippen molar-refractivity contribution in [3.63, 3.8) is 0 Å². The Labute approximate surface area is 80.5 Å². The van der Waals surface area contributed by atoms with Gasteiger partial charge in [0.25, 0.3) is 0 Å². The van der Waals surface area contributed by atoms with Crippen LogP contribution in [-0.2, 0) is 4.74 Å². The summed E-state index contributed by atoms with van der Waals surface area (Å²) in [6, 6.07) is 0.730. The highest BCUT2D eigenvalue weighted by Crippen LogP contribution is 2.38. The fourth-order valence-corrected chi connectivity index (χ4v) is 2.37. The van der Waals surface area contributed by atoms with Crippen LogP contribution in [-0.4, -0.2) is 25.8 Å². The van der Waals surface area contributed by atoms with E-state index in [4.69, 9.17) is 4.74 Å². The van der Waals surface area contributed by atoms with Crippen LogP contribution >= 0.6 is 12.4 Å². The summed E-state index contributed by atoms with van der Waals surface area (Å²) in [4.78, 5) is 0. The van der Waals surface area contributed by atoms with Crippen LogP contribution in [0.25, 0.3) is 0 Å². The van der Waals surface area contributed by atoms with Crippen LogP contribution in [0.3, 0.4) is 0 Å². The highest BCUT2D eigenvalue weighted by atomic mass is 35.5. The third kappa shape index (κ3) is 1.93. The van der Waals surface area contributed by atoms with Gasteiger partial charge in [0.1, 0.15) is 0 Å². The summed E-state index contributed by atoms with van der Waals surface area (Å²) in [5.74, 6) is 0. The van der Waals surface area contributed by atoms with Crippen LogP contribution < -0.4 is 5.32 Å². The van der Waals surface area contributed by atoms with Crippen molar-refractivity contribution < 1.29 is 4.74 Å². The molecule has 72 valence electrons. The first-order valence-electron chi connectivity index (χ1n) is 4.62. The van der Waals surface area contributed by atoms with E-state index >= 15 is 0 Å². The van der Waals surface area contributed by atoms with E-state index in [0.717, 1.165) is 19.3 Å². The third-order valence-corrected chi connectivity index (χ3v) is 3.12. The second kappa shape index (κ2) is 3.95. The Morgan fingerprint density at radius 2 is 2.00 bits per heavy atom. The van der Waals surface area contributed by atoms with Crippen LogP contribution in [0.5, 0.6) is 0 Å². The lowest BCUT2D eigenvalue weighted by molar-refractivity contribution is 0.0236. The summed E-state index contributed by atoms with van der Waals surface area (Å²) in [5, 5.41) is 3.52. The summed E-state index contributed by atoms with van der Waals surface area (Å²) in [6.07, 6.45) is 3.89. The van der Waals surface area contributed by atoms with Gasteiger partial charge in [-0.2, -0.15) is 0 Å². The van der Waals surface area contributed by atoms with E-state index in [1.165, 1.54) is 25.8 Å². The first-order chi connectivity index (χ1) is 5.31. The molecule has 2 rings (SSSR count). The zero-order chi connectivity index (χ0) is 7.73. The zero-order valence-corrected chi connectivity index (χ0v) is 8.45. The van der Waals surface area contributed by atoms with Gasteiger partial charge in [0.15, 0.2) is 0 Å². The van der Waals surface area contributed by atoms with E-state index in [-0.39, 0.29) is 12.4 Å². The standard InChI is InChI=1S/C9H17NO.ClH/c1-8-6-9(7-10-8)2-4-11-5-3-9;/h8,10H,2-7H2,1H3;1H/t8-;/m1./s1. The molecule has 1 N–H and O–H groups in total. The van der Waals surface area contributed by atoms with E-state index in [1.807, 2.05) is 0 Å². The van der Waals surface area contributed by atoms with Crippen LogP contribution in [0.1, 0.15) is 26.2 Å². The van der Waals surface area contributed by atoms with Crippen molar-refractivity contribution in [3.8, 4) is 0 Å². The monoisotopic (exact) mass is 191 g/mol. The normalized spacial score (nSPS) is 33.2. The van der Waals surface area contributed by atoms with Crippen molar-refractivity contribution in [1.29, 1.82) is 0 Å². The maximum atomic E-state index is 5.36. The van der Waals surface area contributed by atoms with Crippen molar-refractivity contribution in [2.24, 2.45) is 5.41 Å². The van der Waals surface area contributed by atoms with Gasteiger partial charge < -0.3 is 10.1 Å². The molecule has 2 aliphatic heterocycles. The predicted octanol–water partition coefficient (Wildman–Crippen LogP) is 1.59. The molecular weight excluding hydrogens is 174 g/mol. The van der Waals surface area contributed by atoms with Crippen molar-refractivity contribution in [3.05, 3.63) is 0 Å². The van der Waals surface area contributed by atoms with Crippen molar-refractivity contribution in [2.75, 3.05) is 19.8 Å². The molecular formula is C9H18ClNO. The Balaban J connectivity index is 0.000000720. The molecule has 2 fully saturated rings. The van der Waals surface area contributed by atoms with E-state index in [0.29, 0.717) is 5.41 Å². The van der Waals surface area contributed by atoms with Crippen molar-refractivity contribution in [2.45, 2.75) is 32.2 Å². The molecule has 0 bridgehead atoms. The molecule has 0 radical (unpaired) electrons. The fraction of sp³-hybridized carbons (Fsp3) is 1.00. The minimum Gasteiger partial charge on any atom is -0.381 e. The van der Waals surface area contributed by atoms with E-state index in [9.17, 15) is 0 Å². The van der Waals surface area contributed by atoms with E-state index in [2.05, 4.69) is 12.2 Å². The number of hydrogen-bond acceptors (Lipinski definition) is 2. The fourth-order valence-electron chi connectivity index (χ4n) is 2.37. The van der Waals surface area contributed by atoms with E-state index in [1.54, 1.807) is 0 Å². The largest absolute Gasteiger partial charge is 0.381 e. The molecule has 2 nitrogen and oxygen atoms in total. The minimum atomic E-state index is 0. The van der Waals surface area contributed by atoms with Crippen LogP contribution in [0, 0.1) is 5.41 Å². The van der Waals surface area contributed by atoms with Crippen molar-refractivity contribution in [1.82, 2.24) is 5.32 Å². The van der Waals surface area contributed by atoms with Gasteiger partial charge in [-0.05, 0) is 31.6 Å². The second-order valence-electron chi connectivity index (χ2n) is 4.10. The Morgan fingerprint density at radius 3 is 2.50 bits per heavy atom. The molecule has 0 aromatic rings. The molecule has 2 saturated heterocycles. The highest BCUT2D eigenvalue weighted by Gasteiger charge is 2.38. The quantitative estimate of drug-likeness (QED) is 0.628. The number of nitrogens with one attached hydrogen (secondary N) is 1. The number of halogens is 1. The van der Waals surface area contributed by atoms with Gasteiger partial charge in [-0.25, -0.2) is 0 Å². The molecule has 0 unspecified atom stereocenters. The Morgan fingerprint density at radius 1 is 1.33 bits per heavy atom. The number of rotatable bonds is 0. The summed E-state index contributed by atoms with van der Waals surface area (Å²) >= 11 is 0. The van der Waals surface area contributed by atoms with Gasteiger partial charge in [0, 0.05) is 25.8 Å². The molecule has 0 aromatic carbocycles. The summed E-state index contributed by atoms with van der Waals surface area (Å²) in [7, 11) is 0. The average molecular weight is 192 g/mol. The second-order valence-corrected chi connectivity index (χ2v) is 4.10. The summed E-state index contributed by atoms with van der Waals surface area (Å²) in [5.41, 5.74) is 0.609. The molecule has 1 spiro atoms. The average Bonchev–Trinajstić information content (AvgIpc) is 2.34. The molecule has 0 amide bonds. The van der Waals surface area contributed by atoms with Gasteiger partial charge >= 0.3 is 0 Å². The molecule has 0 aliphatic carbocycles. The third-order valence-electron chi connectivity index (χ3n) is 3.12. The van der Waals surface area contributed by atoms with Crippen LogP contribution in [0.15, 0.2) is 0 Å². The molecule has 3 heteroatoms. The Hall–Kier alpha value is 0.210. The van der Waals surface area contributed by atoms with Gasteiger partial charge in [-0.15, -0.1) is 12.4 Å². The minimum absolute atomic E-state index is 0. The number of ether oxygens (including phenoxy) is 1. The molecule has 0 saturated carbocycles. The smallest absolute Gasteiger partial charge is 0.0471 e. The maximum absolute atomic E-state index is 5.36. The summed E-state index contributed by atoms with van der Waals surface area (Å²) < 4.78 is 5.36. The lowest BCUT2D eigenvalue weighted by atomic mass is 9.78. The maximum Gasteiger partial charge on any atom is 0.0471 e. The lowest BCUT2D eigenvalue weighted by Gasteiger charge is -2.32. The topological polar surface area (TPSA) is 21.3 Å². The predicted molar refractivity (Wildman–Crippen MR) is 51.8 cm³/mol. The lowest BCUT2D eigenvalue weighted by Crippen LogP contribution is -2.31. The molecule has 2 heterocycles. The SMILES string of the molecule is C[C@@H]1CC2(CCOCC2)CN1.Cl. The number of hydrogen-bond donors (Lipinski definition) is 1. The Kier molecular flexibility index (Phi) is 3.38. The van der Waals surface area contributed by atoms with E-state index < -0.39 is 0 Å². The first kappa shape index (κ1) is 10.3.